The van der Waals surface area contributed by atoms with E-state index in [1.807, 2.05) is 19.9 Å². The summed E-state index contributed by atoms with van der Waals surface area (Å²) in [5.74, 6) is -0.281. The van der Waals surface area contributed by atoms with Crippen LogP contribution in [0.2, 0.25) is 5.02 Å². The van der Waals surface area contributed by atoms with Gasteiger partial charge in [-0.2, -0.15) is 0 Å². The van der Waals surface area contributed by atoms with Crippen molar-refractivity contribution in [1.82, 2.24) is 14.5 Å². The summed E-state index contributed by atoms with van der Waals surface area (Å²) in [6.45, 7) is 4.04. The Hall–Kier alpha value is -3.51. The summed E-state index contributed by atoms with van der Waals surface area (Å²) in [5.41, 5.74) is 1.22. The molecule has 1 heterocycles. The molecule has 7 heteroatoms. The molecule has 5 nitrogen and oxygen atoms in total. The van der Waals surface area contributed by atoms with Gasteiger partial charge in [-0.15, -0.1) is 0 Å². The van der Waals surface area contributed by atoms with Crippen molar-refractivity contribution in [3.63, 3.8) is 0 Å². The minimum absolute atomic E-state index is 0.245. The van der Waals surface area contributed by atoms with E-state index < -0.39 is 11.9 Å². The van der Waals surface area contributed by atoms with Crippen molar-refractivity contribution < 1.29 is 9.18 Å². The molecule has 0 aliphatic heterocycles. The van der Waals surface area contributed by atoms with E-state index in [0.29, 0.717) is 39.5 Å². The van der Waals surface area contributed by atoms with Gasteiger partial charge in [0.05, 0.1) is 22.6 Å². The molecule has 0 bridgehead atoms. The van der Waals surface area contributed by atoms with Gasteiger partial charge in [0, 0.05) is 17.1 Å². The van der Waals surface area contributed by atoms with Crippen molar-refractivity contribution >= 4 is 28.4 Å². The van der Waals surface area contributed by atoms with Crippen molar-refractivity contribution in [3.8, 4) is 5.69 Å². The highest BCUT2D eigenvalue weighted by Gasteiger charge is 2.26. The number of nitrogens with zero attached hydrogens (tertiary/aromatic N) is 3. The lowest BCUT2D eigenvalue weighted by molar-refractivity contribution is 0.0693. The second kappa shape index (κ2) is 8.93. The van der Waals surface area contributed by atoms with Gasteiger partial charge in [0.15, 0.2) is 0 Å². The fourth-order valence-electron chi connectivity index (χ4n) is 3.79. The minimum Gasteiger partial charge on any atom is -0.329 e. The number of hydrogen-bond donors (Lipinski definition) is 0. The third kappa shape index (κ3) is 4.01. The van der Waals surface area contributed by atoms with Crippen LogP contribution >= 0.6 is 11.6 Å². The van der Waals surface area contributed by atoms with E-state index in [0.717, 1.165) is 0 Å². The molecule has 0 spiro atoms. The average Bonchev–Trinajstić information content (AvgIpc) is 2.79. The van der Waals surface area contributed by atoms with Crippen LogP contribution in [0.15, 0.2) is 77.6 Å². The maximum Gasteiger partial charge on any atom is 0.266 e. The highest BCUT2D eigenvalue weighted by Crippen LogP contribution is 2.25. The lowest BCUT2D eigenvalue weighted by Gasteiger charge is -2.29. The standard InChI is InChI=1S/C25H21ClFN3O2/c1-3-29(24(31)17-11-13-19(27)14-12-17)16(2)23-28-22-10-5-4-9-21(22)25(32)30(23)20-8-6-7-18(26)15-20/h4-16H,3H2,1-2H3. The predicted molar refractivity (Wildman–Crippen MR) is 124 cm³/mol. The van der Waals surface area contributed by atoms with Crippen molar-refractivity contribution in [1.29, 1.82) is 0 Å². The maximum absolute atomic E-state index is 13.5. The Balaban J connectivity index is 1.90. The quantitative estimate of drug-likeness (QED) is 0.410. The van der Waals surface area contributed by atoms with E-state index in [2.05, 4.69) is 0 Å². The molecule has 0 aliphatic rings. The van der Waals surface area contributed by atoms with E-state index in [1.165, 1.54) is 28.8 Å². The molecule has 4 rings (SSSR count). The van der Waals surface area contributed by atoms with E-state index in [4.69, 9.17) is 16.6 Å². The largest absolute Gasteiger partial charge is 0.329 e. The first-order chi connectivity index (χ1) is 15.4. The number of hydrogen-bond acceptors (Lipinski definition) is 3. The third-order valence-electron chi connectivity index (χ3n) is 5.40. The molecule has 0 N–H and O–H groups in total. The topological polar surface area (TPSA) is 55.2 Å². The molecule has 0 saturated carbocycles. The molecule has 0 fully saturated rings. The van der Waals surface area contributed by atoms with Gasteiger partial charge >= 0.3 is 0 Å². The van der Waals surface area contributed by atoms with Gasteiger partial charge < -0.3 is 4.90 Å². The zero-order chi connectivity index (χ0) is 22.8. The summed E-state index contributed by atoms with van der Waals surface area (Å²) in [6.07, 6.45) is 0. The number of rotatable bonds is 5. The van der Waals surface area contributed by atoms with Crippen molar-refractivity contribution in [2.75, 3.05) is 6.54 Å². The summed E-state index contributed by atoms with van der Waals surface area (Å²) in [7, 11) is 0. The molecular weight excluding hydrogens is 429 g/mol. The number of para-hydroxylation sites is 1. The fourth-order valence-corrected chi connectivity index (χ4v) is 3.97. The molecule has 0 saturated heterocycles. The Bertz CT molecular complexity index is 1350. The molecule has 1 unspecified atom stereocenters. The van der Waals surface area contributed by atoms with Gasteiger partial charge in [-0.1, -0.05) is 29.8 Å². The lowest BCUT2D eigenvalue weighted by Crippen LogP contribution is -2.37. The number of benzene rings is 3. The molecule has 32 heavy (non-hydrogen) atoms. The predicted octanol–water partition coefficient (Wildman–Crippen LogP) is 5.40. The van der Waals surface area contributed by atoms with E-state index in [9.17, 15) is 14.0 Å². The summed E-state index contributed by atoms with van der Waals surface area (Å²) >= 11 is 6.20. The van der Waals surface area contributed by atoms with Crippen LogP contribution in [0.1, 0.15) is 36.1 Å². The molecule has 1 amide bonds. The molecule has 1 atom stereocenters. The maximum atomic E-state index is 13.5. The van der Waals surface area contributed by atoms with Crippen LogP contribution < -0.4 is 5.56 Å². The third-order valence-corrected chi connectivity index (χ3v) is 5.64. The van der Waals surface area contributed by atoms with Crippen LogP contribution in [0.3, 0.4) is 0 Å². The Kier molecular flexibility index (Phi) is 6.06. The normalized spacial score (nSPS) is 12.0. The van der Waals surface area contributed by atoms with Gasteiger partial charge in [-0.05, 0) is 68.4 Å². The van der Waals surface area contributed by atoms with E-state index >= 15 is 0 Å². The first kappa shape index (κ1) is 21.7. The van der Waals surface area contributed by atoms with Crippen LogP contribution in [0, 0.1) is 5.82 Å². The summed E-state index contributed by atoms with van der Waals surface area (Å²) < 4.78 is 14.8. The van der Waals surface area contributed by atoms with Crippen molar-refractivity contribution in [2.45, 2.75) is 19.9 Å². The average molecular weight is 450 g/mol. The molecular formula is C25H21ClFN3O2. The molecule has 0 aliphatic carbocycles. The van der Waals surface area contributed by atoms with Gasteiger partial charge in [0.2, 0.25) is 0 Å². The van der Waals surface area contributed by atoms with Gasteiger partial charge in [0.25, 0.3) is 11.5 Å². The first-order valence-electron chi connectivity index (χ1n) is 10.2. The summed E-state index contributed by atoms with van der Waals surface area (Å²) in [5, 5.41) is 0.951. The van der Waals surface area contributed by atoms with Gasteiger partial charge in [-0.3, -0.25) is 14.2 Å². The number of carbonyl (C=O) groups excluding carboxylic acids is 1. The molecule has 1 aromatic heterocycles. The minimum atomic E-state index is -0.547. The monoisotopic (exact) mass is 449 g/mol. The Morgan fingerprint density at radius 1 is 1.09 bits per heavy atom. The van der Waals surface area contributed by atoms with Crippen LogP contribution in [0.5, 0.6) is 0 Å². The van der Waals surface area contributed by atoms with Crippen LogP contribution in [0.4, 0.5) is 4.39 Å². The van der Waals surface area contributed by atoms with Gasteiger partial charge in [-0.25, -0.2) is 9.37 Å². The van der Waals surface area contributed by atoms with Gasteiger partial charge in [0.1, 0.15) is 11.6 Å². The van der Waals surface area contributed by atoms with E-state index in [-0.39, 0.29) is 11.5 Å². The number of halogens is 2. The zero-order valence-corrected chi connectivity index (χ0v) is 18.4. The van der Waals surface area contributed by atoms with Crippen molar-refractivity contribution in [3.05, 3.63) is 105 Å². The highest BCUT2D eigenvalue weighted by molar-refractivity contribution is 6.30. The lowest BCUT2D eigenvalue weighted by atomic mass is 10.1. The fraction of sp³-hybridized carbons (Fsp3) is 0.160. The number of fused-ring (bicyclic) bond motifs is 1. The Morgan fingerprint density at radius 3 is 2.50 bits per heavy atom. The molecule has 162 valence electrons. The zero-order valence-electron chi connectivity index (χ0n) is 17.6. The highest BCUT2D eigenvalue weighted by atomic mass is 35.5. The Labute approximate surface area is 189 Å². The molecule has 4 aromatic rings. The second-order valence-electron chi connectivity index (χ2n) is 7.38. The summed E-state index contributed by atoms with van der Waals surface area (Å²) in [4.78, 5) is 33.1. The number of amides is 1. The Morgan fingerprint density at radius 2 is 1.81 bits per heavy atom. The molecule has 3 aromatic carbocycles. The van der Waals surface area contributed by atoms with Crippen molar-refractivity contribution in [2.24, 2.45) is 0 Å². The molecule has 0 radical (unpaired) electrons. The van der Waals surface area contributed by atoms with Crippen LogP contribution in [-0.2, 0) is 0 Å². The van der Waals surface area contributed by atoms with Crippen LogP contribution in [-0.4, -0.2) is 26.9 Å². The SMILES string of the molecule is CCN(C(=O)c1ccc(F)cc1)C(C)c1nc2ccccc2c(=O)n1-c1cccc(Cl)c1. The summed E-state index contributed by atoms with van der Waals surface area (Å²) in [6, 6.07) is 18.9. The smallest absolute Gasteiger partial charge is 0.266 e. The number of aromatic nitrogens is 2. The second-order valence-corrected chi connectivity index (χ2v) is 7.82. The number of carbonyl (C=O) groups is 1. The van der Waals surface area contributed by atoms with Crippen LogP contribution in [0.25, 0.3) is 16.6 Å². The van der Waals surface area contributed by atoms with E-state index in [1.54, 1.807) is 47.4 Å². The first-order valence-corrected chi connectivity index (χ1v) is 10.6.